The molecule has 0 aliphatic carbocycles. The molecule has 12 heavy (non-hydrogen) atoms. The second-order valence-electron chi connectivity index (χ2n) is 2.31. The summed E-state index contributed by atoms with van der Waals surface area (Å²) in [5.74, 6) is -0.834. The van der Waals surface area contributed by atoms with Crippen LogP contribution in [0.4, 0.5) is 0 Å². The monoisotopic (exact) mass is 183 g/mol. The third-order valence-corrected chi connectivity index (χ3v) is 2.42. The van der Waals surface area contributed by atoms with Crippen molar-refractivity contribution in [2.45, 2.75) is 6.42 Å². The van der Waals surface area contributed by atoms with E-state index in [0.717, 1.165) is 10.4 Å². The highest BCUT2D eigenvalue weighted by Crippen LogP contribution is 2.24. The first kappa shape index (κ1) is 7.30. The molecule has 2 aromatic heterocycles. The molecule has 0 bridgehead atoms. The van der Waals surface area contributed by atoms with E-state index in [0.29, 0.717) is 4.90 Å². The molecule has 0 fully saturated rings. The first-order chi connectivity index (χ1) is 5.75. The molecule has 0 radical (unpaired) electrons. The molecule has 0 saturated carbocycles. The van der Waals surface area contributed by atoms with Crippen LogP contribution in [-0.4, -0.2) is 16.1 Å². The highest BCUT2D eigenvalue weighted by atomic mass is 32.1. The number of hydrogen-bond donors (Lipinski definition) is 1. The van der Waals surface area contributed by atoms with Crippen LogP contribution in [0.15, 0.2) is 16.9 Å². The first-order valence-electron chi connectivity index (χ1n) is 3.29. The Morgan fingerprint density at radius 3 is 3.25 bits per heavy atom. The molecule has 0 unspecified atom stereocenters. The van der Waals surface area contributed by atoms with E-state index in [1.54, 1.807) is 6.07 Å². The maximum Gasteiger partial charge on any atom is 0.308 e. The predicted octanol–water partition coefficient (Wildman–Crippen LogP) is 1.52. The Morgan fingerprint density at radius 2 is 2.58 bits per heavy atom. The zero-order chi connectivity index (χ0) is 8.55. The summed E-state index contributed by atoms with van der Waals surface area (Å²) in [7, 11) is 0. The van der Waals surface area contributed by atoms with Gasteiger partial charge in [0, 0.05) is 4.88 Å². The smallest absolute Gasteiger partial charge is 0.308 e. The van der Waals surface area contributed by atoms with E-state index in [-0.39, 0.29) is 6.42 Å². The van der Waals surface area contributed by atoms with Crippen molar-refractivity contribution in [3.63, 3.8) is 0 Å². The van der Waals surface area contributed by atoms with Gasteiger partial charge in [-0.05, 0) is 6.07 Å². The zero-order valence-electron chi connectivity index (χ0n) is 5.98. The Kier molecular flexibility index (Phi) is 1.58. The Bertz CT molecular complexity index is 388. The summed E-state index contributed by atoms with van der Waals surface area (Å²) in [5, 5.41) is 8.49. The summed E-state index contributed by atoms with van der Waals surface area (Å²) in [4.78, 5) is 15.7. The van der Waals surface area contributed by atoms with E-state index in [9.17, 15) is 4.79 Å². The third-order valence-electron chi connectivity index (χ3n) is 1.41. The molecular formula is C7H5NO3S. The Hall–Kier alpha value is -1.36. The first-order valence-corrected chi connectivity index (χ1v) is 4.11. The van der Waals surface area contributed by atoms with Crippen molar-refractivity contribution >= 4 is 27.7 Å². The van der Waals surface area contributed by atoms with E-state index in [2.05, 4.69) is 4.98 Å². The predicted molar refractivity (Wildman–Crippen MR) is 43.2 cm³/mol. The van der Waals surface area contributed by atoms with Gasteiger partial charge in [0.1, 0.15) is 5.52 Å². The Morgan fingerprint density at radius 1 is 1.75 bits per heavy atom. The second-order valence-corrected chi connectivity index (χ2v) is 3.41. The third kappa shape index (κ3) is 1.18. The van der Waals surface area contributed by atoms with Crippen molar-refractivity contribution in [3.05, 3.63) is 17.3 Å². The molecule has 1 N–H and O–H groups in total. The van der Waals surface area contributed by atoms with Crippen LogP contribution in [0.25, 0.3) is 10.4 Å². The lowest BCUT2D eigenvalue weighted by Gasteiger charge is -1.85. The van der Waals surface area contributed by atoms with E-state index >= 15 is 0 Å². The molecule has 2 rings (SSSR count). The van der Waals surface area contributed by atoms with Gasteiger partial charge in [0.2, 0.25) is 4.90 Å². The standard InChI is InChI=1S/C7H5NO3S/c9-6(10)2-4-1-5-7(12-4)11-3-8-5/h1,3H,2H2,(H,9,10). The van der Waals surface area contributed by atoms with Crippen LogP contribution in [0.3, 0.4) is 0 Å². The average Bonchev–Trinajstić information content (AvgIpc) is 2.43. The van der Waals surface area contributed by atoms with E-state index in [1.807, 2.05) is 0 Å². The summed E-state index contributed by atoms with van der Waals surface area (Å²) in [6, 6.07) is 1.73. The van der Waals surface area contributed by atoms with Gasteiger partial charge in [0.05, 0.1) is 6.42 Å². The number of carboxylic acids is 1. The summed E-state index contributed by atoms with van der Waals surface area (Å²) < 4.78 is 4.99. The number of fused-ring (bicyclic) bond motifs is 1. The van der Waals surface area contributed by atoms with E-state index in [4.69, 9.17) is 9.52 Å². The van der Waals surface area contributed by atoms with Gasteiger partial charge in [-0.25, -0.2) is 4.98 Å². The van der Waals surface area contributed by atoms with Crippen LogP contribution in [0.5, 0.6) is 0 Å². The van der Waals surface area contributed by atoms with Crippen molar-refractivity contribution in [1.29, 1.82) is 0 Å². The van der Waals surface area contributed by atoms with Gasteiger partial charge in [-0.1, -0.05) is 0 Å². The molecule has 5 heteroatoms. The number of rotatable bonds is 2. The average molecular weight is 183 g/mol. The maximum absolute atomic E-state index is 10.3. The van der Waals surface area contributed by atoms with Gasteiger partial charge >= 0.3 is 5.97 Å². The molecule has 0 atom stereocenters. The van der Waals surface area contributed by atoms with Crippen molar-refractivity contribution in [3.8, 4) is 0 Å². The highest BCUT2D eigenvalue weighted by molar-refractivity contribution is 7.18. The molecule has 62 valence electrons. The van der Waals surface area contributed by atoms with Crippen molar-refractivity contribution in [2.75, 3.05) is 0 Å². The lowest BCUT2D eigenvalue weighted by molar-refractivity contribution is -0.136. The number of aliphatic carboxylic acids is 1. The fraction of sp³-hybridized carbons (Fsp3) is 0.143. The fourth-order valence-electron chi connectivity index (χ4n) is 0.954. The van der Waals surface area contributed by atoms with Crippen molar-refractivity contribution < 1.29 is 14.3 Å². The Balaban J connectivity index is 2.38. The normalized spacial score (nSPS) is 10.7. The van der Waals surface area contributed by atoms with Gasteiger partial charge in [0.25, 0.3) is 0 Å². The largest absolute Gasteiger partial charge is 0.481 e. The van der Waals surface area contributed by atoms with Crippen LogP contribution in [0, 0.1) is 0 Å². The number of carbonyl (C=O) groups is 1. The summed E-state index contributed by atoms with van der Waals surface area (Å²) >= 11 is 1.32. The number of aromatic nitrogens is 1. The van der Waals surface area contributed by atoms with Crippen molar-refractivity contribution in [1.82, 2.24) is 4.98 Å². The van der Waals surface area contributed by atoms with Crippen LogP contribution in [0.2, 0.25) is 0 Å². The Labute approximate surface area is 71.5 Å². The molecule has 0 saturated heterocycles. The minimum Gasteiger partial charge on any atom is -0.481 e. The maximum atomic E-state index is 10.3. The van der Waals surface area contributed by atoms with Crippen LogP contribution in [0.1, 0.15) is 4.88 Å². The lowest BCUT2D eigenvalue weighted by Crippen LogP contribution is -1.96. The summed E-state index contributed by atoms with van der Waals surface area (Å²) in [6.07, 6.45) is 1.39. The van der Waals surface area contributed by atoms with Gasteiger partial charge in [-0.3, -0.25) is 4.79 Å². The van der Waals surface area contributed by atoms with Gasteiger partial charge in [-0.2, -0.15) is 0 Å². The van der Waals surface area contributed by atoms with Gasteiger partial charge in [-0.15, -0.1) is 11.3 Å². The van der Waals surface area contributed by atoms with Gasteiger partial charge in [0.15, 0.2) is 6.39 Å². The molecule has 4 nitrogen and oxygen atoms in total. The minimum atomic E-state index is -0.834. The number of carboxylic acid groups (broad SMARTS) is 1. The zero-order valence-corrected chi connectivity index (χ0v) is 6.80. The number of thiophene rings is 1. The second kappa shape index (κ2) is 2.60. The molecule has 2 aromatic rings. The molecule has 0 amide bonds. The highest BCUT2D eigenvalue weighted by Gasteiger charge is 2.07. The summed E-state index contributed by atoms with van der Waals surface area (Å²) in [5.41, 5.74) is 0.733. The van der Waals surface area contributed by atoms with Crippen molar-refractivity contribution in [2.24, 2.45) is 0 Å². The molecule has 0 aliphatic rings. The molecule has 0 aliphatic heterocycles. The van der Waals surface area contributed by atoms with Crippen LogP contribution >= 0.6 is 11.3 Å². The number of hydrogen-bond acceptors (Lipinski definition) is 4. The quantitative estimate of drug-likeness (QED) is 0.766. The molecule has 0 aromatic carbocycles. The minimum absolute atomic E-state index is 0.0382. The van der Waals surface area contributed by atoms with Gasteiger partial charge < -0.3 is 9.52 Å². The molecule has 2 heterocycles. The SMILES string of the molecule is O=C(O)Cc1cc2ncoc2s1. The number of oxazole rings is 1. The molecule has 0 spiro atoms. The number of nitrogens with zero attached hydrogens (tertiary/aromatic N) is 1. The van der Waals surface area contributed by atoms with Crippen LogP contribution < -0.4 is 0 Å². The topological polar surface area (TPSA) is 63.3 Å². The summed E-state index contributed by atoms with van der Waals surface area (Å²) in [6.45, 7) is 0. The molecular weight excluding hydrogens is 178 g/mol. The van der Waals surface area contributed by atoms with E-state index < -0.39 is 5.97 Å². The van der Waals surface area contributed by atoms with E-state index in [1.165, 1.54) is 17.7 Å². The lowest BCUT2D eigenvalue weighted by atomic mass is 10.3. The fourth-order valence-corrected chi connectivity index (χ4v) is 1.87. The van der Waals surface area contributed by atoms with Crippen LogP contribution in [-0.2, 0) is 11.2 Å².